The first-order valence-corrected chi connectivity index (χ1v) is 6.23. The van der Waals surface area contributed by atoms with E-state index in [1.807, 2.05) is 6.07 Å². The zero-order valence-electron chi connectivity index (χ0n) is 9.34. The van der Waals surface area contributed by atoms with Crippen molar-refractivity contribution in [1.82, 2.24) is 15.2 Å². The molecule has 0 fully saturated rings. The minimum Gasteiger partial charge on any atom is -0.408 e. The van der Waals surface area contributed by atoms with Crippen LogP contribution in [0, 0.1) is 0 Å². The largest absolute Gasteiger partial charge is 0.417 e. The first-order valence-electron chi connectivity index (χ1n) is 5.42. The van der Waals surface area contributed by atoms with Gasteiger partial charge in [0, 0.05) is 12.0 Å². The third-order valence-corrected chi connectivity index (χ3v) is 3.53. The molecule has 7 heteroatoms. The molecule has 92 valence electrons. The van der Waals surface area contributed by atoms with E-state index >= 15 is 0 Å². The lowest BCUT2D eigenvalue weighted by atomic mass is 10.2. The fourth-order valence-electron chi connectivity index (χ4n) is 1.67. The number of aromatic amines is 1. The highest BCUT2D eigenvalue weighted by Gasteiger charge is 2.08. The summed E-state index contributed by atoms with van der Waals surface area (Å²) in [4.78, 5) is 13.7. The summed E-state index contributed by atoms with van der Waals surface area (Å²) in [6.07, 6.45) is 0.721. The molecular weight excluding hydrogens is 252 g/mol. The van der Waals surface area contributed by atoms with Crippen LogP contribution in [0.2, 0.25) is 0 Å². The topological polar surface area (TPSA) is 97.8 Å². The van der Waals surface area contributed by atoms with Gasteiger partial charge in [0.25, 0.3) is 0 Å². The van der Waals surface area contributed by atoms with Crippen molar-refractivity contribution in [3.8, 4) is 10.6 Å². The van der Waals surface area contributed by atoms with E-state index in [9.17, 15) is 4.79 Å². The molecule has 2 aromatic heterocycles. The molecule has 0 aliphatic carbocycles. The van der Waals surface area contributed by atoms with Crippen molar-refractivity contribution in [1.29, 1.82) is 0 Å². The maximum Gasteiger partial charge on any atom is 0.417 e. The molecule has 0 amide bonds. The number of fused-ring (bicyclic) bond motifs is 1. The Morgan fingerprint density at radius 3 is 3.11 bits per heavy atom. The molecule has 3 N–H and O–H groups in total. The van der Waals surface area contributed by atoms with Gasteiger partial charge in [-0.15, -0.1) is 10.2 Å². The van der Waals surface area contributed by atoms with E-state index in [0.29, 0.717) is 17.6 Å². The SMILES string of the molecule is NCCc1nnc(-c2ccc3[nH]c(=O)oc3c2)s1. The highest BCUT2D eigenvalue weighted by Crippen LogP contribution is 2.26. The summed E-state index contributed by atoms with van der Waals surface area (Å²) in [6.45, 7) is 0.556. The zero-order valence-corrected chi connectivity index (χ0v) is 10.2. The van der Waals surface area contributed by atoms with Crippen LogP contribution in [-0.2, 0) is 6.42 Å². The maximum absolute atomic E-state index is 11.1. The number of hydrogen-bond acceptors (Lipinski definition) is 6. The van der Waals surface area contributed by atoms with Gasteiger partial charge < -0.3 is 10.2 Å². The van der Waals surface area contributed by atoms with Gasteiger partial charge in [-0.25, -0.2) is 4.79 Å². The van der Waals surface area contributed by atoms with Gasteiger partial charge in [0.2, 0.25) is 0 Å². The molecule has 0 aliphatic heterocycles. The van der Waals surface area contributed by atoms with E-state index in [-0.39, 0.29) is 0 Å². The number of hydrogen-bond donors (Lipinski definition) is 2. The maximum atomic E-state index is 11.1. The average molecular weight is 262 g/mol. The first kappa shape index (κ1) is 11.1. The summed E-state index contributed by atoms with van der Waals surface area (Å²) in [5.41, 5.74) is 7.55. The van der Waals surface area contributed by atoms with Crippen LogP contribution in [0.1, 0.15) is 5.01 Å². The monoisotopic (exact) mass is 262 g/mol. The lowest BCUT2D eigenvalue weighted by Crippen LogP contribution is -2.01. The van der Waals surface area contributed by atoms with Crippen molar-refractivity contribution >= 4 is 22.4 Å². The number of nitrogens with one attached hydrogen (secondary N) is 1. The number of H-pyrrole nitrogens is 1. The Labute approximate surface area is 105 Å². The molecule has 0 unspecified atom stereocenters. The van der Waals surface area contributed by atoms with Crippen molar-refractivity contribution in [3.63, 3.8) is 0 Å². The normalized spacial score (nSPS) is 11.2. The third kappa shape index (κ3) is 1.93. The predicted octanol–water partition coefficient (Wildman–Crippen LogP) is 1.14. The van der Waals surface area contributed by atoms with Crippen LogP contribution in [0.5, 0.6) is 0 Å². The van der Waals surface area contributed by atoms with Gasteiger partial charge in [-0.05, 0) is 24.7 Å². The second-order valence-corrected chi connectivity index (χ2v) is 4.83. The van der Waals surface area contributed by atoms with E-state index in [1.165, 1.54) is 11.3 Å². The van der Waals surface area contributed by atoms with Crippen LogP contribution in [0.4, 0.5) is 0 Å². The fourth-order valence-corrected chi connectivity index (χ4v) is 2.52. The fraction of sp³-hybridized carbons (Fsp3) is 0.182. The van der Waals surface area contributed by atoms with E-state index in [0.717, 1.165) is 22.0 Å². The molecule has 2 heterocycles. The number of rotatable bonds is 3. The summed E-state index contributed by atoms with van der Waals surface area (Å²) < 4.78 is 5.01. The second kappa shape index (κ2) is 4.35. The van der Waals surface area contributed by atoms with Gasteiger partial charge in [-0.1, -0.05) is 11.3 Å². The van der Waals surface area contributed by atoms with Crippen molar-refractivity contribution in [2.45, 2.75) is 6.42 Å². The Morgan fingerprint density at radius 2 is 2.28 bits per heavy atom. The van der Waals surface area contributed by atoms with Gasteiger partial charge >= 0.3 is 5.76 Å². The Kier molecular flexibility index (Phi) is 2.69. The molecule has 0 radical (unpaired) electrons. The van der Waals surface area contributed by atoms with E-state index in [1.54, 1.807) is 12.1 Å². The molecule has 0 saturated heterocycles. The molecule has 0 aliphatic rings. The van der Waals surface area contributed by atoms with E-state index in [4.69, 9.17) is 10.2 Å². The van der Waals surface area contributed by atoms with Gasteiger partial charge in [0.15, 0.2) is 5.58 Å². The predicted molar refractivity (Wildman–Crippen MR) is 68.5 cm³/mol. The van der Waals surface area contributed by atoms with Crippen LogP contribution in [0.3, 0.4) is 0 Å². The molecule has 0 spiro atoms. The molecule has 6 nitrogen and oxygen atoms in total. The molecular formula is C11H10N4O2S. The Morgan fingerprint density at radius 1 is 1.39 bits per heavy atom. The van der Waals surface area contributed by atoms with Crippen LogP contribution >= 0.6 is 11.3 Å². The van der Waals surface area contributed by atoms with E-state index in [2.05, 4.69) is 15.2 Å². The lowest BCUT2D eigenvalue weighted by molar-refractivity contribution is 0.555. The number of nitrogens with two attached hydrogens (primary N) is 1. The molecule has 0 bridgehead atoms. The number of oxazole rings is 1. The molecule has 1 aromatic carbocycles. The van der Waals surface area contributed by atoms with Crippen molar-refractivity contribution < 1.29 is 4.42 Å². The number of aromatic nitrogens is 3. The Bertz CT molecular complexity index is 743. The second-order valence-electron chi connectivity index (χ2n) is 3.77. The Hall–Kier alpha value is -1.99. The van der Waals surface area contributed by atoms with Gasteiger partial charge in [0.05, 0.1) is 5.52 Å². The zero-order chi connectivity index (χ0) is 12.5. The van der Waals surface area contributed by atoms with E-state index < -0.39 is 5.76 Å². The molecule has 0 atom stereocenters. The Balaban J connectivity index is 2.04. The molecule has 0 saturated carbocycles. The standard InChI is InChI=1S/C11H10N4O2S/c12-4-3-9-14-15-10(18-9)6-1-2-7-8(5-6)17-11(16)13-7/h1-2,5H,3-4,12H2,(H,13,16). The highest BCUT2D eigenvalue weighted by atomic mass is 32.1. The van der Waals surface area contributed by atoms with Gasteiger partial charge in [-0.2, -0.15) is 0 Å². The summed E-state index contributed by atoms with van der Waals surface area (Å²) in [5, 5.41) is 9.86. The third-order valence-electron chi connectivity index (χ3n) is 2.49. The van der Waals surface area contributed by atoms with Crippen LogP contribution < -0.4 is 11.5 Å². The highest BCUT2D eigenvalue weighted by molar-refractivity contribution is 7.14. The smallest absolute Gasteiger partial charge is 0.408 e. The molecule has 3 aromatic rings. The van der Waals surface area contributed by atoms with Crippen LogP contribution in [0.25, 0.3) is 21.7 Å². The molecule has 3 rings (SSSR count). The van der Waals surface area contributed by atoms with Crippen molar-refractivity contribution in [2.75, 3.05) is 6.54 Å². The van der Waals surface area contributed by atoms with Crippen LogP contribution in [-0.4, -0.2) is 21.7 Å². The summed E-state index contributed by atoms with van der Waals surface area (Å²) >= 11 is 1.49. The lowest BCUT2D eigenvalue weighted by Gasteiger charge is -1.93. The number of benzene rings is 1. The number of nitrogens with zero attached hydrogens (tertiary/aromatic N) is 2. The van der Waals surface area contributed by atoms with Crippen LogP contribution in [0.15, 0.2) is 27.4 Å². The minimum atomic E-state index is -0.455. The van der Waals surface area contributed by atoms with Gasteiger partial charge in [-0.3, -0.25) is 4.98 Å². The minimum absolute atomic E-state index is 0.455. The first-order chi connectivity index (χ1) is 8.76. The summed E-state index contributed by atoms with van der Waals surface area (Å²) in [7, 11) is 0. The quantitative estimate of drug-likeness (QED) is 0.737. The average Bonchev–Trinajstić information content (AvgIpc) is 2.93. The molecule has 18 heavy (non-hydrogen) atoms. The van der Waals surface area contributed by atoms with Crippen molar-refractivity contribution in [3.05, 3.63) is 33.8 Å². The summed E-state index contributed by atoms with van der Waals surface area (Å²) in [6, 6.07) is 5.44. The van der Waals surface area contributed by atoms with Crippen molar-refractivity contribution in [2.24, 2.45) is 5.73 Å². The summed E-state index contributed by atoms with van der Waals surface area (Å²) in [5.74, 6) is -0.455. The van der Waals surface area contributed by atoms with Gasteiger partial charge in [0.1, 0.15) is 10.0 Å².